The Bertz CT molecular complexity index is 771. The van der Waals surface area contributed by atoms with Gasteiger partial charge in [0, 0.05) is 12.1 Å². The fourth-order valence-electron chi connectivity index (χ4n) is 3.18. The molecule has 2 amide bonds. The van der Waals surface area contributed by atoms with Gasteiger partial charge in [0.2, 0.25) is 0 Å². The van der Waals surface area contributed by atoms with E-state index in [-0.39, 0.29) is 18.6 Å². The van der Waals surface area contributed by atoms with Crippen LogP contribution in [0, 0.1) is 6.92 Å². The zero-order chi connectivity index (χ0) is 17.8. The van der Waals surface area contributed by atoms with E-state index in [1.807, 2.05) is 4.90 Å². The lowest BCUT2D eigenvalue weighted by Crippen LogP contribution is -2.30. The van der Waals surface area contributed by atoms with E-state index in [0.717, 1.165) is 24.9 Å². The third-order valence-corrected chi connectivity index (χ3v) is 4.44. The van der Waals surface area contributed by atoms with Crippen LogP contribution in [-0.4, -0.2) is 29.9 Å². The molecule has 25 heavy (non-hydrogen) atoms. The van der Waals surface area contributed by atoms with Crippen molar-refractivity contribution in [2.45, 2.75) is 25.8 Å². The predicted molar refractivity (Wildman–Crippen MR) is 95.3 cm³/mol. The molecule has 0 aliphatic carbocycles. The second kappa shape index (κ2) is 7.38. The summed E-state index contributed by atoms with van der Waals surface area (Å²) in [6.07, 6.45) is 1.95. The van der Waals surface area contributed by atoms with Gasteiger partial charge in [-0.2, -0.15) is 0 Å². The lowest BCUT2D eigenvalue weighted by atomic mass is 10.0. The van der Waals surface area contributed by atoms with Gasteiger partial charge >= 0.3 is 0 Å². The Morgan fingerprint density at radius 3 is 2.68 bits per heavy atom. The van der Waals surface area contributed by atoms with Crippen LogP contribution in [0.15, 0.2) is 48.5 Å². The molecular weight excluding hydrogens is 316 g/mol. The number of benzene rings is 2. The van der Waals surface area contributed by atoms with Crippen molar-refractivity contribution in [1.29, 1.82) is 0 Å². The van der Waals surface area contributed by atoms with Gasteiger partial charge in [0.05, 0.1) is 6.04 Å². The lowest BCUT2D eigenvalue weighted by Gasteiger charge is -2.25. The van der Waals surface area contributed by atoms with E-state index in [2.05, 4.69) is 31.2 Å². The normalized spacial score (nSPS) is 16.7. The molecule has 2 aromatic rings. The topological polar surface area (TPSA) is 72.6 Å². The molecule has 1 atom stereocenters. The Morgan fingerprint density at radius 1 is 1.20 bits per heavy atom. The van der Waals surface area contributed by atoms with Crippen molar-refractivity contribution in [2.75, 3.05) is 13.2 Å². The van der Waals surface area contributed by atoms with Gasteiger partial charge in [-0.15, -0.1) is 0 Å². The average molecular weight is 338 g/mol. The second-order valence-corrected chi connectivity index (χ2v) is 6.35. The zero-order valence-electron chi connectivity index (χ0n) is 14.3. The van der Waals surface area contributed by atoms with Crippen LogP contribution in [0.25, 0.3) is 0 Å². The number of nitrogens with zero attached hydrogens (tertiary/aromatic N) is 1. The molecule has 1 heterocycles. The first-order valence-electron chi connectivity index (χ1n) is 8.43. The Labute approximate surface area is 147 Å². The quantitative estimate of drug-likeness (QED) is 0.911. The van der Waals surface area contributed by atoms with Crippen LogP contribution >= 0.6 is 0 Å². The molecule has 5 nitrogen and oxygen atoms in total. The van der Waals surface area contributed by atoms with Gasteiger partial charge in [0.15, 0.2) is 6.61 Å². The van der Waals surface area contributed by atoms with E-state index in [1.165, 1.54) is 5.56 Å². The first-order valence-corrected chi connectivity index (χ1v) is 8.43. The summed E-state index contributed by atoms with van der Waals surface area (Å²) < 4.78 is 5.30. The zero-order valence-corrected chi connectivity index (χ0v) is 14.3. The van der Waals surface area contributed by atoms with Crippen molar-refractivity contribution in [2.24, 2.45) is 5.73 Å². The summed E-state index contributed by atoms with van der Waals surface area (Å²) >= 11 is 0. The maximum Gasteiger partial charge on any atom is 0.255 e. The smallest absolute Gasteiger partial charge is 0.255 e. The van der Waals surface area contributed by atoms with Gasteiger partial charge < -0.3 is 15.4 Å². The highest BCUT2D eigenvalue weighted by Crippen LogP contribution is 2.33. The van der Waals surface area contributed by atoms with Crippen molar-refractivity contribution in [1.82, 2.24) is 4.90 Å². The van der Waals surface area contributed by atoms with Gasteiger partial charge in [-0.25, -0.2) is 0 Å². The van der Waals surface area contributed by atoms with E-state index in [9.17, 15) is 9.59 Å². The van der Waals surface area contributed by atoms with Gasteiger partial charge in [0.1, 0.15) is 5.75 Å². The molecule has 130 valence electrons. The Kier molecular flexibility index (Phi) is 5.03. The van der Waals surface area contributed by atoms with Gasteiger partial charge in [-0.3, -0.25) is 9.59 Å². The number of ether oxygens (including phenoxy) is 1. The standard InChI is InChI=1S/C20H22N2O3/c1-14-7-9-15(10-8-14)18-6-3-11-22(18)20(24)16-4-2-5-17(12-16)25-13-19(21)23/h2,4-5,7-10,12,18H,3,6,11,13H2,1H3,(H2,21,23). The number of amides is 2. The van der Waals surface area contributed by atoms with Crippen LogP contribution in [0.4, 0.5) is 0 Å². The molecular formula is C20H22N2O3. The number of hydrogen-bond acceptors (Lipinski definition) is 3. The molecule has 0 aromatic heterocycles. The Balaban J connectivity index is 1.78. The average Bonchev–Trinajstić information content (AvgIpc) is 3.10. The first-order chi connectivity index (χ1) is 12.0. The molecule has 1 aliphatic heterocycles. The minimum atomic E-state index is -0.546. The van der Waals surface area contributed by atoms with Crippen molar-refractivity contribution in [3.8, 4) is 5.75 Å². The summed E-state index contributed by atoms with van der Waals surface area (Å²) in [4.78, 5) is 25.7. The summed E-state index contributed by atoms with van der Waals surface area (Å²) in [7, 11) is 0. The van der Waals surface area contributed by atoms with Crippen molar-refractivity contribution >= 4 is 11.8 Å². The minimum Gasteiger partial charge on any atom is -0.484 e. The number of primary amides is 1. The Hall–Kier alpha value is -2.82. The SMILES string of the molecule is Cc1ccc(C2CCCN2C(=O)c2cccc(OCC(N)=O)c2)cc1. The molecule has 2 N–H and O–H groups in total. The highest BCUT2D eigenvalue weighted by molar-refractivity contribution is 5.95. The van der Waals surface area contributed by atoms with Crippen molar-refractivity contribution < 1.29 is 14.3 Å². The maximum atomic E-state index is 13.0. The molecule has 0 spiro atoms. The molecule has 3 rings (SSSR count). The largest absolute Gasteiger partial charge is 0.484 e. The van der Waals surface area contributed by atoms with Crippen molar-refractivity contribution in [3.05, 3.63) is 65.2 Å². The molecule has 1 fully saturated rings. The fraction of sp³-hybridized carbons (Fsp3) is 0.300. The van der Waals surface area contributed by atoms with E-state index in [4.69, 9.17) is 10.5 Å². The molecule has 0 radical (unpaired) electrons. The van der Waals surface area contributed by atoms with Crippen LogP contribution in [0.1, 0.15) is 40.4 Å². The molecule has 0 saturated carbocycles. The highest BCUT2D eigenvalue weighted by atomic mass is 16.5. The molecule has 0 bridgehead atoms. The van der Waals surface area contributed by atoms with E-state index in [1.54, 1.807) is 24.3 Å². The lowest BCUT2D eigenvalue weighted by molar-refractivity contribution is -0.119. The number of rotatable bonds is 5. The van der Waals surface area contributed by atoms with E-state index < -0.39 is 5.91 Å². The predicted octanol–water partition coefficient (Wildman–Crippen LogP) is 2.84. The van der Waals surface area contributed by atoms with Crippen LogP contribution in [0.5, 0.6) is 5.75 Å². The minimum absolute atomic E-state index is 0.0207. The number of likely N-dealkylation sites (tertiary alicyclic amines) is 1. The van der Waals surface area contributed by atoms with Crippen molar-refractivity contribution in [3.63, 3.8) is 0 Å². The summed E-state index contributed by atoms with van der Waals surface area (Å²) in [6, 6.07) is 15.3. The number of aryl methyl sites for hydroxylation is 1. The van der Waals surface area contributed by atoms with Gasteiger partial charge in [-0.05, 0) is 43.5 Å². The number of hydrogen-bond donors (Lipinski definition) is 1. The third kappa shape index (κ3) is 3.99. The fourth-order valence-corrected chi connectivity index (χ4v) is 3.18. The maximum absolute atomic E-state index is 13.0. The molecule has 1 aliphatic rings. The van der Waals surface area contributed by atoms with E-state index in [0.29, 0.717) is 11.3 Å². The van der Waals surface area contributed by atoms with Crippen LogP contribution in [0.3, 0.4) is 0 Å². The van der Waals surface area contributed by atoms with Crippen LogP contribution in [0.2, 0.25) is 0 Å². The third-order valence-electron chi connectivity index (χ3n) is 4.44. The number of carbonyl (C=O) groups excluding carboxylic acids is 2. The monoisotopic (exact) mass is 338 g/mol. The summed E-state index contributed by atoms with van der Waals surface area (Å²) in [6.45, 7) is 2.59. The molecule has 2 aromatic carbocycles. The molecule has 5 heteroatoms. The summed E-state index contributed by atoms with van der Waals surface area (Å²) in [5.41, 5.74) is 8.02. The summed E-state index contributed by atoms with van der Waals surface area (Å²) in [5.74, 6) is -0.0981. The Morgan fingerprint density at radius 2 is 1.96 bits per heavy atom. The first kappa shape index (κ1) is 17.0. The number of nitrogens with two attached hydrogens (primary N) is 1. The summed E-state index contributed by atoms with van der Waals surface area (Å²) in [5, 5.41) is 0. The van der Waals surface area contributed by atoms with Crippen LogP contribution < -0.4 is 10.5 Å². The van der Waals surface area contributed by atoms with Gasteiger partial charge in [-0.1, -0.05) is 35.9 Å². The van der Waals surface area contributed by atoms with E-state index >= 15 is 0 Å². The second-order valence-electron chi connectivity index (χ2n) is 6.35. The number of carbonyl (C=O) groups is 2. The van der Waals surface area contributed by atoms with Crippen LogP contribution in [-0.2, 0) is 4.79 Å². The van der Waals surface area contributed by atoms with Gasteiger partial charge in [0.25, 0.3) is 11.8 Å². The molecule has 1 unspecified atom stereocenters. The molecule has 1 saturated heterocycles. The highest BCUT2D eigenvalue weighted by Gasteiger charge is 2.30.